The standard InChI is InChI=1S/C13H16F2N4/c1-8-12(7-19(2)18-8)13(17-16)5-9-3-10(14)6-11(15)4-9/h3-4,6-7,13,17H,5,16H2,1-2H3. The molecule has 0 radical (unpaired) electrons. The normalized spacial score (nSPS) is 12.7. The van der Waals surface area contributed by atoms with Crippen molar-refractivity contribution >= 4 is 0 Å². The third-order valence-electron chi connectivity index (χ3n) is 2.99. The van der Waals surface area contributed by atoms with Crippen LogP contribution in [-0.4, -0.2) is 9.78 Å². The van der Waals surface area contributed by atoms with Gasteiger partial charge in [0, 0.05) is 24.9 Å². The van der Waals surface area contributed by atoms with Gasteiger partial charge in [0.05, 0.1) is 11.7 Å². The van der Waals surface area contributed by atoms with Gasteiger partial charge in [0.25, 0.3) is 0 Å². The summed E-state index contributed by atoms with van der Waals surface area (Å²) in [7, 11) is 1.81. The first kappa shape index (κ1) is 13.6. The molecule has 0 aliphatic carbocycles. The van der Waals surface area contributed by atoms with Crippen molar-refractivity contribution in [2.45, 2.75) is 19.4 Å². The lowest BCUT2D eigenvalue weighted by atomic mass is 10.00. The van der Waals surface area contributed by atoms with E-state index in [1.165, 1.54) is 12.1 Å². The third kappa shape index (κ3) is 3.15. The lowest BCUT2D eigenvalue weighted by molar-refractivity contribution is 0.538. The van der Waals surface area contributed by atoms with E-state index in [0.717, 1.165) is 17.3 Å². The van der Waals surface area contributed by atoms with Gasteiger partial charge in [-0.05, 0) is 31.0 Å². The van der Waals surface area contributed by atoms with Crippen LogP contribution in [0.5, 0.6) is 0 Å². The van der Waals surface area contributed by atoms with Gasteiger partial charge >= 0.3 is 0 Å². The van der Waals surface area contributed by atoms with Crippen LogP contribution in [0.4, 0.5) is 8.78 Å². The molecule has 0 amide bonds. The monoisotopic (exact) mass is 266 g/mol. The van der Waals surface area contributed by atoms with Crippen molar-refractivity contribution in [3.05, 3.63) is 52.9 Å². The van der Waals surface area contributed by atoms with Crippen LogP contribution in [-0.2, 0) is 13.5 Å². The molecule has 1 aromatic heterocycles. The van der Waals surface area contributed by atoms with E-state index in [-0.39, 0.29) is 6.04 Å². The Morgan fingerprint density at radius 1 is 1.32 bits per heavy atom. The molecular formula is C13H16F2N4. The Morgan fingerprint density at radius 2 is 1.95 bits per heavy atom. The van der Waals surface area contributed by atoms with Crippen molar-refractivity contribution in [3.8, 4) is 0 Å². The number of hydrogen-bond acceptors (Lipinski definition) is 3. The van der Waals surface area contributed by atoms with Gasteiger partial charge in [0.1, 0.15) is 11.6 Å². The van der Waals surface area contributed by atoms with Gasteiger partial charge in [-0.3, -0.25) is 16.0 Å². The molecule has 0 saturated heterocycles. The predicted molar refractivity (Wildman–Crippen MR) is 68.1 cm³/mol. The number of hydrazine groups is 1. The molecular weight excluding hydrogens is 250 g/mol. The number of nitrogens with one attached hydrogen (secondary N) is 1. The molecule has 1 unspecified atom stereocenters. The summed E-state index contributed by atoms with van der Waals surface area (Å²) in [5.41, 5.74) is 4.95. The fraction of sp³-hybridized carbons (Fsp3) is 0.308. The van der Waals surface area contributed by atoms with E-state index in [4.69, 9.17) is 5.84 Å². The number of benzene rings is 1. The zero-order chi connectivity index (χ0) is 14.0. The van der Waals surface area contributed by atoms with E-state index in [0.29, 0.717) is 12.0 Å². The molecule has 0 fully saturated rings. The van der Waals surface area contributed by atoms with Crippen LogP contribution in [0.1, 0.15) is 22.9 Å². The quantitative estimate of drug-likeness (QED) is 0.655. The first-order chi connectivity index (χ1) is 8.99. The molecule has 1 atom stereocenters. The van der Waals surface area contributed by atoms with E-state index in [1.807, 2.05) is 20.2 Å². The summed E-state index contributed by atoms with van der Waals surface area (Å²) in [6, 6.07) is 3.22. The molecule has 102 valence electrons. The first-order valence-corrected chi connectivity index (χ1v) is 5.91. The number of aryl methyl sites for hydroxylation is 2. The van der Waals surface area contributed by atoms with Gasteiger partial charge in [0.2, 0.25) is 0 Å². The Kier molecular flexibility index (Phi) is 3.92. The topological polar surface area (TPSA) is 55.9 Å². The molecule has 0 bridgehead atoms. The predicted octanol–water partition coefficient (Wildman–Crippen LogP) is 1.75. The highest BCUT2D eigenvalue weighted by Gasteiger charge is 2.16. The van der Waals surface area contributed by atoms with Gasteiger partial charge < -0.3 is 0 Å². The number of nitrogens with two attached hydrogens (primary N) is 1. The summed E-state index contributed by atoms with van der Waals surface area (Å²) >= 11 is 0. The highest BCUT2D eigenvalue weighted by molar-refractivity contribution is 5.25. The summed E-state index contributed by atoms with van der Waals surface area (Å²) in [5.74, 6) is 4.35. The van der Waals surface area contributed by atoms with Crippen molar-refractivity contribution in [2.75, 3.05) is 0 Å². The second kappa shape index (κ2) is 5.46. The smallest absolute Gasteiger partial charge is 0.126 e. The van der Waals surface area contributed by atoms with E-state index in [1.54, 1.807) is 4.68 Å². The van der Waals surface area contributed by atoms with Crippen LogP contribution in [0, 0.1) is 18.6 Å². The van der Waals surface area contributed by atoms with Gasteiger partial charge in [-0.15, -0.1) is 0 Å². The Bertz CT molecular complexity index is 560. The molecule has 1 aromatic carbocycles. The number of nitrogens with zero attached hydrogens (tertiary/aromatic N) is 2. The molecule has 4 nitrogen and oxygen atoms in total. The molecule has 0 saturated carbocycles. The minimum atomic E-state index is -0.589. The molecule has 0 spiro atoms. The number of halogens is 2. The van der Waals surface area contributed by atoms with Crippen molar-refractivity contribution in [1.29, 1.82) is 0 Å². The van der Waals surface area contributed by atoms with Gasteiger partial charge in [-0.1, -0.05) is 0 Å². The van der Waals surface area contributed by atoms with Crippen LogP contribution >= 0.6 is 0 Å². The zero-order valence-electron chi connectivity index (χ0n) is 10.8. The van der Waals surface area contributed by atoms with E-state index in [9.17, 15) is 8.78 Å². The molecule has 0 aliphatic heterocycles. The number of rotatable bonds is 4. The summed E-state index contributed by atoms with van der Waals surface area (Å²) < 4.78 is 28.0. The highest BCUT2D eigenvalue weighted by atomic mass is 19.1. The second-order valence-electron chi connectivity index (χ2n) is 4.54. The molecule has 19 heavy (non-hydrogen) atoms. The average molecular weight is 266 g/mol. The van der Waals surface area contributed by atoms with Crippen LogP contribution in [0.15, 0.2) is 24.4 Å². The Hall–Kier alpha value is -1.79. The Balaban J connectivity index is 2.26. The lowest BCUT2D eigenvalue weighted by Gasteiger charge is -2.15. The molecule has 6 heteroatoms. The maximum absolute atomic E-state index is 13.2. The van der Waals surface area contributed by atoms with E-state index in [2.05, 4.69) is 10.5 Å². The van der Waals surface area contributed by atoms with E-state index >= 15 is 0 Å². The zero-order valence-corrected chi connectivity index (χ0v) is 10.8. The second-order valence-corrected chi connectivity index (χ2v) is 4.54. The van der Waals surface area contributed by atoms with Crippen LogP contribution in [0.25, 0.3) is 0 Å². The maximum atomic E-state index is 13.2. The number of aromatic nitrogens is 2. The number of hydrogen-bond donors (Lipinski definition) is 2. The first-order valence-electron chi connectivity index (χ1n) is 5.91. The Labute approximate surface area is 110 Å². The summed E-state index contributed by atoms with van der Waals surface area (Å²) in [6.07, 6.45) is 2.23. The molecule has 3 N–H and O–H groups in total. The average Bonchev–Trinajstić information content (AvgIpc) is 2.64. The van der Waals surface area contributed by atoms with Crippen LogP contribution < -0.4 is 11.3 Å². The highest BCUT2D eigenvalue weighted by Crippen LogP contribution is 2.21. The minimum absolute atomic E-state index is 0.241. The summed E-state index contributed by atoms with van der Waals surface area (Å²) in [6.45, 7) is 1.87. The Morgan fingerprint density at radius 3 is 2.42 bits per heavy atom. The van der Waals surface area contributed by atoms with Crippen LogP contribution in [0.3, 0.4) is 0 Å². The fourth-order valence-electron chi connectivity index (χ4n) is 2.18. The van der Waals surface area contributed by atoms with Crippen molar-refractivity contribution < 1.29 is 8.78 Å². The fourth-order valence-corrected chi connectivity index (χ4v) is 2.18. The molecule has 2 rings (SSSR count). The van der Waals surface area contributed by atoms with Crippen molar-refractivity contribution in [2.24, 2.45) is 12.9 Å². The largest absolute Gasteiger partial charge is 0.275 e. The van der Waals surface area contributed by atoms with Gasteiger partial charge in [-0.2, -0.15) is 5.10 Å². The molecule has 0 aliphatic rings. The van der Waals surface area contributed by atoms with Crippen LogP contribution in [0.2, 0.25) is 0 Å². The third-order valence-corrected chi connectivity index (χ3v) is 2.99. The van der Waals surface area contributed by atoms with Crippen molar-refractivity contribution in [3.63, 3.8) is 0 Å². The van der Waals surface area contributed by atoms with Gasteiger partial charge in [-0.25, -0.2) is 8.78 Å². The summed E-state index contributed by atoms with van der Waals surface area (Å²) in [4.78, 5) is 0. The lowest BCUT2D eigenvalue weighted by Crippen LogP contribution is -2.29. The van der Waals surface area contributed by atoms with Gasteiger partial charge in [0.15, 0.2) is 0 Å². The molecule has 1 heterocycles. The SMILES string of the molecule is Cc1nn(C)cc1C(Cc1cc(F)cc(F)c1)NN. The molecule has 2 aromatic rings. The van der Waals surface area contributed by atoms with E-state index < -0.39 is 11.6 Å². The van der Waals surface area contributed by atoms with Crippen molar-refractivity contribution in [1.82, 2.24) is 15.2 Å². The summed E-state index contributed by atoms with van der Waals surface area (Å²) in [5, 5.41) is 4.23. The minimum Gasteiger partial charge on any atom is -0.275 e. The maximum Gasteiger partial charge on any atom is 0.126 e.